The van der Waals surface area contributed by atoms with Crippen molar-refractivity contribution in [3.05, 3.63) is 23.8 Å². The van der Waals surface area contributed by atoms with E-state index in [2.05, 4.69) is 26.9 Å². The van der Waals surface area contributed by atoms with E-state index in [1.54, 1.807) is 18.7 Å². The standard InChI is InChI=1S/C19H24N6O2S/c1-13-7-8-16(27-3)15(11-13)25-18(22-23-24-25)28-14(2)17(26)21-19(12-20)9-5-4-6-10-19/h7-8,11,14H,4-6,9-10H2,1-3H3,(H,21,26)/t14-/m0/s1. The molecule has 9 heteroatoms. The summed E-state index contributed by atoms with van der Waals surface area (Å²) in [5.41, 5.74) is 1.00. The van der Waals surface area contributed by atoms with E-state index in [0.717, 1.165) is 24.8 Å². The van der Waals surface area contributed by atoms with E-state index >= 15 is 0 Å². The molecule has 1 aliphatic carbocycles. The second-order valence-electron chi connectivity index (χ2n) is 7.05. The average Bonchev–Trinajstić information content (AvgIpc) is 3.16. The highest BCUT2D eigenvalue weighted by Gasteiger charge is 2.35. The molecule has 1 heterocycles. The third kappa shape index (κ3) is 4.28. The molecule has 1 amide bonds. The van der Waals surface area contributed by atoms with E-state index in [9.17, 15) is 10.1 Å². The van der Waals surface area contributed by atoms with E-state index in [-0.39, 0.29) is 5.91 Å². The van der Waals surface area contributed by atoms with Crippen LogP contribution in [0, 0.1) is 18.3 Å². The molecule has 28 heavy (non-hydrogen) atoms. The predicted molar refractivity (Wildman–Crippen MR) is 105 cm³/mol. The minimum atomic E-state index is -0.754. The second kappa shape index (κ2) is 8.61. The molecule has 0 bridgehead atoms. The maximum absolute atomic E-state index is 12.7. The first-order valence-electron chi connectivity index (χ1n) is 9.31. The van der Waals surface area contributed by atoms with Crippen molar-refractivity contribution in [1.82, 2.24) is 25.5 Å². The summed E-state index contributed by atoms with van der Waals surface area (Å²) < 4.78 is 6.99. The second-order valence-corrected chi connectivity index (χ2v) is 8.36. The third-order valence-electron chi connectivity index (χ3n) is 4.94. The van der Waals surface area contributed by atoms with Gasteiger partial charge in [-0.15, -0.1) is 5.10 Å². The number of ether oxygens (including phenoxy) is 1. The molecule has 0 saturated heterocycles. The zero-order chi connectivity index (χ0) is 20.1. The number of hydrogen-bond donors (Lipinski definition) is 1. The molecule has 1 saturated carbocycles. The zero-order valence-corrected chi connectivity index (χ0v) is 17.1. The minimum Gasteiger partial charge on any atom is -0.494 e. The third-order valence-corrected chi connectivity index (χ3v) is 5.97. The number of carbonyl (C=O) groups excluding carboxylic acids is 1. The Kier molecular flexibility index (Phi) is 6.19. The molecule has 148 valence electrons. The fourth-order valence-electron chi connectivity index (χ4n) is 3.34. The van der Waals surface area contributed by atoms with Gasteiger partial charge in [0, 0.05) is 0 Å². The van der Waals surface area contributed by atoms with Crippen LogP contribution < -0.4 is 10.1 Å². The molecule has 1 atom stereocenters. The number of amides is 1. The fraction of sp³-hybridized carbons (Fsp3) is 0.526. The predicted octanol–water partition coefficient (Wildman–Crippen LogP) is 2.80. The molecule has 0 aliphatic heterocycles. The van der Waals surface area contributed by atoms with Crippen molar-refractivity contribution in [1.29, 1.82) is 5.26 Å². The normalized spacial score (nSPS) is 16.8. The number of aryl methyl sites for hydroxylation is 1. The first-order valence-corrected chi connectivity index (χ1v) is 10.2. The highest BCUT2D eigenvalue weighted by atomic mass is 32.2. The van der Waals surface area contributed by atoms with Gasteiger partial charge in [-0.25, -0.2) is 0 Å². The number of thioether (sulfide) groups is 1. The van der Waals surface area contributed by atoms with Crippen LogP contribution in [0.4, 0.5) is 0 Å². The van der Waals surface area contributed by atoms with Gasteiger partial charge in [0.1, 0.15) is 17.0 Å². The van der Waals surface area contributed by atoms with E-state index < -0.39 is 10.8 Å². The Labute approximate surface area is 168 Å². The highest BCUT2D eigenvalue weighted by molar-refractivity contribution is 8.00. The smallest absolute Gasteiger partial charge is 0.234 e. The summed E-state index contributed by atoms with van der Waals surface area (Å²) in [6.45, 7) is 3.77. The highest BCUT2D eigenvalue weighted by Crippen LogP contribution is 2.31. The Morgan fingerprint density at radius 3 is 2.82 bits per heavy atom. The summed E-state index contributed by atoms with van der Waals surface area (Å²) in [7, 11) is 1.59. The summed E-state index contributed by atoms with van der Waals surface area (Å²) in [6, 6.07) is 8.05. The Morgan fingerprint density at radius 1 is 1.39 bits per heavy atom. The van der Waals surface area contributed by atoms with Gasteiger partial charge in [-0.05, 0) is 54.8 Å². The van der Waals surface area contributed by atoms with Crippen LogP contribution in [0.5, 0.6) is 5.75 Å². The molecular formula is C19H24N6O2S. The Bertz CT molecular complexity index is 885. The molecule has 3 rings (SSSR count). The Hall–Kier alpha value is -2.60. The van der Waals surface area contributed by atoms with Crippen LogP contribution in [0.15, 0.2) is 23.4 Å². The summed E-state index contributed by atoms with van der Waals surface area (Å²) in [5.74, 6) is 0.460. The number of tetrazole rings is 1. The lowest BCUT2D eigenvalue weighted by Crippen LogP contribution is -2.51. The zero-order valence-electron chi connectivity index (χ0n) is 16.3. The van der Waals surface area contributed by atoms with E-state index in [1.165, 1.54) is 11.8 Å². The molecular weight excluding hydrogens is 376 g/mol. The summed E-state index contributed by atoms with van der Waals surface area (Å²) >= 11 is 1.25. The monoisotopic (exact) mass is 400 g/mol. The maximum Gasteiger partial charge on any atom is 0.234 e. The first-order chi connectivity index (χ1) is 13.5. The van der Waals surface area contributed by atoms with E-state index in [4.69, 9.17) is 4.74 Å². The van der Waals surface area contributed by atoms with E-state index in [1.807, 2.05) is 25.1 Å². The van der Waals surface area contributed by atoms with Crippen molar-refractivity contribution in [3.8, 4) is 17.5 Å². The number of benzene rings is 1. The molecule has 1 N–H and O–H groups in total. The molecule has 1 fully saturated rings. The fourth-order valence-corrected chi connectivity index (χ4v) is 4.14. The Morgan fingerprint density at radius 2 is 2.14 bits per heavy atom. The topological polar surface area (TPSA) is 106 Å². The van der Waals surface area contributed by atoms with Crippen LogP contribution >= 0.6 is 11.8 Å². The number of nitrogens with zero attached hydrogens (tertiary/aromatic N) is 5. The molecule has 2 aromatic rings. The summed E-state index contributed by atoms with van der Waals surface area (Å²) in [6.07, 6.45) is 4.42. The van der Waals surface area contributed by atoms with Crippen LogP contribution in [0.3, 0.4) is 0 Å². The SMILES string of the molecule is COc1ccc(C)cc1-n1nnnc1S[C@@H](C)C(=O)NC1(C#N)CCCCC1. The molecule has 0 unspecified atom stereocenters. The number of hydrogen-bond acceptors (Lipinski definition) is 7. The average molecular weight is 401 g/mol. The van der Waals surface area contributed by atoms with Crippen LogP contribution in [0.2, 0.25) is 0 Å². The molecule has 8 nitrogen and oxygen atoms in total. The molecule has 1 aromatic carbocycles. The van der Waals surface area contributed by atoms with Gasteiger partial charge in [-0.3, -0.25) is 4.79 Å². The quantitative estimate of drug-likeness (QED) is 0.743. The van der Waals surface area contributed by atoms with Gasteiger partial charge in [0.05, 0.1) is 18.4 Å². The van der Waals surface area contributed by atoms with Crippen LogP contribution in [-0.2, 0) is 4.79 Å². The summed E-state index contributed by atoms with van der Waals surface area (Å²) in [4.78, 5) is 12.7. The van der Waals surface area contributed by atoms with Crippen LogP contribution in [0.25, 0.3) is 5.69 Å². The van der Waals surface area contributed by atoms with Crippen molar-refractivity contribution in [3.63, 3.8) is 0 Å². The van der Waals surface area contributed by atoms with Gasteiger partial charge < -0.3 is 10.1 Å². The lowest BCUT2D eigenvalue weighted by atomic mass is 9.83. The first kappa shape index (κ1) is 20.1. The van der Waals surface area contributed by atoms with Gasteiger partial charge in [0.25, 0.3) is 0 Å². The molecule has 1 aromatic heterocycles. The van der Waals surface area contributed by atoms with Gasteiger partial charge >= 0.3 is 0 Å². The van der Waals surface area contributed by atoms with Gasteiger partial charge in [-0.2, -0.15) is 9.94 Å². The molecule has 1 aliphatic rings. The van der Waals surface area contributed by atoms with Gasteiger partial charge in [0.15, 0.2) is 0 Å². The van der Waals surface area contributed by atoms with E-state index in [0.29, 0.717) is 29.4 Å². The van der Waals surface area contributed by atoms with Crippen LogP contribution in [-0.4, -0.2) is 44.0 Å². The minimum absolute atomic E-state index is 0.181. The van der Waals surface area contributed by atoms with Crippen molar-refractivity contribution in [2.75, 3.05) is 7.11 Å². The number of rotatable bonds is 6. The number of carbonyl (C=O) groups is 1. The van der Waals surface area contributed by atoms with Gasteiger partial charge in [0.2, 0.25) is 11.1 Å². The lowest BCUT2D eigenvalue weighted by molar-refractivity contribution is -0.121. The lowest BCUT2D eigenvalue weighted by Gasteiger charge is -2.32. The van der Waals surface area contributed by atoms with Crippen molar-refractivity contribution < 1.29 is 9.53 Å². The Balaban J connectivity index is 1.76. The maximum atomic E-state index is 12.7. The number of nitriles is 1. The molecule has 0 spiro atoms. The number of nitrogens with one attached hydrogen (secondary N) is 1. The number of aromatic nitrogens is 4. The van der Waals surface area contributed by atoms with Crippen molar-refractivity contribution in [2.45, 2.75) is 61.9 Å². The van der Waals surface area contributed by atoms with Crippen molar-refractivity contribution >= 4 is 17.7 Å². The van der Waals surface area contributed by atoms with Crippen molar-refractivity contribution in [2.24, 2.45) is 0 Å². The van der Waals surface area contributed by atoms with Gasteiger partial charge in [-0.1, -0.05) is 37.1 Å². The van der Waals surface area contributed by atoms with Crippen LogP contribution in [0.1, 0.15) is 44.6 Å². The summed E-state index contributed by atoms with van der Waals surface area (Å²) in [5, 5.41) is 24.5. The molecule has 0 radical (unpaired) electrons. The largest absolute Gasteiger partial charge is 0.494 e. The number of methoxy groups -OCH3 is 1.